The summed E-state index contributed by atoms with van der Waals surface area (Å²) in [5.41, 5.74) is 2.88. The Hall–Kier alpha value is -2.99. The van der Waals surface area contributed by atoms with Crippen LogP contribution in [-0.4, -0.2) is 16.2 Å². The highest BCUT2D eigenvalue weighted by Crippen LogP contribution is 2.31. The lowest BCUT2D eigenvalue weighted by Crippen LogP contribution is -2.04. The molecule has 0 amide bonds. The minimum absolute atomic E-state index is 0.0503. The molecule has 6 heteroatoms. The summed E-state index contributed by atoms with van der Waals surface area (Å²) < 4.78 is 12.0. The normalized spacial score (nSPS) is 11.0. The number of aromatic nitrogens is 2. The molecule has 0 unspecified atom stereocenters. The van der Waals surface area contributed by atoms with Crippen molar-refractivity contribution in [3.05, 3.63) is 70.4 Å². The van der Waals surface area contributed by atoms with E-state index in [1.165, 1.54) is 11.3 Å². The highest BCUT2D eigenvalue weighted by molar-refractivity contribution is 7.21. The highest BCUT2D eigenvalue weighted by atomic mass is 32.1. The molecule has 0 atom stereocenters. The number of ether oxygens (including phenoxy) is 1. The maximum atomic E-state index is 12.4. The van der Waals surface area contributed by atoms with Crippen LogP contribution in [0, 0.1) is 13.8 Å². The van der Waals surface area contributed by atoms with E-state index in [4.69, 9.17) is 9.15 Å². The van der Waals surface area contributed by atoms with Crippen molar-refractivity contribution in [2.75, 3.05) is 0 Å². The number of esters is 1. The Morgan fingerprint density at radius 3 is 2.77 bits per heavy atom. The minimum atomic E-state index is -0.376. The van der Waals surface area contributed by atoms with E-state index in [2.05, 4.69) is 10.2 Å². The maximum absolute atomic E-state index is 12.4. The molecule has 130 valence electrons. The van der Waals surface area contributed by atoms with Crippen molar-refractivity contribution in [3.63, 3.8) is 0 Å². The lowest BCUT2D eigenvalue weighted by Gasteiger charge is -2.01. The minimum Gasteiger partial charge on any atom is -0.451 e. The van der Waals surface area contributed by atoms with Crippen molar-refractivity contribution in [1.82, 2.24) is 10.2 Å². The molecule has 2 aromatic heterocycles. The van der Waals surface area contributed by atoms with E-state index in [0.717, 1.165) is 26.8 Å². The first-order valence-corrected chi connectivity index (χ1v) is 8.98. The van der Waals surface area contributed by atoms with Crippen LogP contribution in [0.25, 0.3) is 21.5 Å². The van der Waals surface area contributed by atoms with Crippen molar-refractivity contribution < 1.29 is 13.9 Å². The molecular weight excluding hydrogens is 348 g/mol. The Labute approximate surface area is 154 Å². The van der Waals surface area contributed by atoms with E-state index in [9.17, 15) is 4.79 Å². The molecule has 4 rings (SSSR count). The number of carbonyl (C=O) groups is 1. The zero-order valence-electron chi connectivity index (χ0n) is 14.4. The predicted octanol–water partition coefficient (Wildman–Crippen LogP) is 4.93. The van der Waals surface area contributed by atoms with Gasteiger partial charge < -0.3 is 9.15 Å². The van der Waals surface area contributed by atoms with Gasteiger partial charge in [-0.25, -0.2) is 4.79 Å². The molecule has 0 saturated heterocycles. The van der Waals surface area contributed by atoms with Gasteiger partial charge in [-0.15, -0.1) is 21.5 Å². The molecule has 5 nitrogen and oxygen atoms in total. The molecule has 0 aliphatic carbocycles. The van der Waals surface area contributed by atoms with Gasteiger partial charge >= 0.3 is 5.97 Å². The third-order valence-electron chi connectivity index (χ3n) is 4.09. The predicted molar refractivity (Wildman–Crippen MR) is 100 cm³/mol. The van der Waals surface area contributed by atoms with E-state index >= 15 is 0 Å². The number of aryl methyl sites for hydroxylation is 2. The number of fused-ring (bicyclic) bond motifs is 1. The third-order valence-corrected chi connectivity index (χ3v) is 5.34. The average molecular weight is 364 g/mol. The van der Waals surface area contributed by atoms with Gasteiger partial charge in [-0.1, -0.05) is 35.9 Å². The smallest absolute Gasteiger partial charge is 0.349 e. The average Bonchev–Trinajstić information content (AvgIpc) is 3.25. The van der Waals surface area contributed by atoms with Crippen molar-refractivity contribution in [3.8, 4) is 11.5 Å². The summed E-state index contributed by atoms with van der Waals surface area (Å²) in [6, 6.07) is 15.7. The van der Waals surface area contributed by atoms with Gasteiger partial charge in [0.15, 0.2) is 6.61 Å². The van der Waals surface area contributed by atoms with Crippen molar-refractivity contribution in [1.29, 1.82) is 0 Å². The molecule has 2 heterocycles. The van der Waals surface area contributed by atoms with E-state index in [1.807, 2.05) is 62.4 Å². The first-order valence-electron chi connectivity index (χ1n) is 8.16. The number of benzene rings is 2. The molecule has 0 radical (unpaired) electrons. The number of carbonyl (C=O) groups excluding carboxylic acids is 1. The molecule has 0 spiro atoms. The largest absolute Gasteiger partial charge is 0.451 e. The quantitative estimate of drug-likeness (QED) is 0.481. The molecule has 0 N–H and O–H groups in total. The summed E-state index contributed by atoms with van der Waals surface area (Å²) in [5.74, 6) is 0.311. The third kappa shape index (κ3) is 3.11. The topological polar surface area (TPSA) is 65.2 Å². The van der Waals surface area contributed by atoms with Gasteiger partial charge in [0.05, 0.1) is 0 Å². The monoisotopic (exact) mass is 364 g/mol. The molecule has 0 aliphatic heterocycles. The van der Waals surface area contributed by atoms with Crippen LogP contribution in [0.15, 0.2) is 52.9 Å². The number of hydrogen-bond acceptors (Lipinski definition) is 6. The summed E-state index contributed by atoms with van der Waals surface area (Å²) in [6.07, 6.45) is 0. The van der Waals surface area contributed by atoms with Gasteiger partial charge in [-0.2, -0.15) is 0 Å². The molecule has 0 bridgehead atoms. The second-order valence-electron chi connectivity index (χ2n) is 6.00. The lowest BCUT2D eigenvalue weighted by atomic mass is 10.1. The van der Waals surface area contributed by atoms with E-state index in [0.29, 0.717) is 10.8 Å². The summed E-state index contributed by atoms with van der Waals surface area (Å²) in [6.45, 7) is 3.87. The first-order chi connectivity index (χ1) is 12.6. The summed E-state index contributed by atoms with van der Waals surface area (Å²) in [5, 5.41) is 9.06. The second-order valence-corrected chi connectivity index (χ2v) is 7.05. The first kappa shape index (κ1) is 16.5. The summed E-state index contributed by atoms with van der Waals surface area (Å²) in [4.78, 5) is 13.0. The van der Waals surface area contributed by atoms with Crippen molar-refractivity contribution in [2.24, 2.45) is 0 Å². The number of thiophene rings is 1. The van der Waals surface area contributed by atoms with Crippen LogP contribution in [0.2, 0.25) is 0 Å². The van der Waals surface area contributed by atoms with Gasteiger partial charge in [0.2, 0.25) is 5.89 Å². The van der Waals surface area contributed by atoms with E-state index in [-0.39, 0.29) is 18.5 Å². The molecule has 0 aliphatic rings. The van der Waals surface area contributed by atoms with Gasteiger partial charge in [-0.05, 0) is 43.0 Å². The van der Waals surface area contributed by atoms with Crippen LogP contribution < -0.4 is 0 Å². The summed E-state index contributed by atoms with van der Waals surface area (Å²) >= 11 is 1.43. The standard InChI is InChI=1S/C20H16N2O3S/c1-12-6-5-7-14(10-12)19-22-21-17(25-19)11-24-20(23)18-13(2)15-8-3-4-9-16(15)26-18/h3-10H,11H2,1-2H3. The molecule has 26 heavy (non-hydrogen) atoms. The van der Waals surface area contributed by atoms with Gasteiger partial charge in [-0.3, -0.25) is 0 Å². The number of nitrogens with zero attached hydrogens (tertiary/aromatic N) is 2. The highest BCUT2D eigenvalue weighted by Gasteiger charge is 2.18. The van der Waals surface area contributed by atoms with Crippen LogP contribution in [-0.2, 0) is 11.3 Å². The fourth-order valence-electron chi connectivity index (χ4n) is 2.77. The number of hydrogen-bond donors (Lipinski definition) is 0. The maximum Gasteiger partial charge on any atom is 0.349 e. The molecule has 2 aromatic carbocycles. The lowest BCUT2D eigenvalue weighted by molar-refractivity contribution is 0.0444. The van der Waals surface area contributed by atoms with Gasteiger partial charge in [0, 0.05) is 10.3 Å². The Kier molecular flexibility index (Phi) is 4.26. The summed E-state index contributed by atoms with van der Waals surface area (Å²) in [7, 11) is 0. The van der Waals surface area contributed by atoms with Crippen LogP contribution in [0.4, 0.5) is 0 Å². The van der Waals surface area contributed by atoms with E-state index in [1.54, 1.807) is 0 Å². The van der Waals surface area contributed by atoms with Crippen molar-refractivity contribution >= 4 is 27.4 Å². The van der Waals surface area contributed by atoms with E-state index < -0.39 is 0 Å². The zero-order valence-corrected chi connectivity index (χ0v) is 15.2. The zero-order chi connectivity index (χ0) is 18.1. The van der Waals surface area contributed by atoms with Crippen LogP contribution in [0.3, 0.4) is 0 Å². The Balaban J connectivity index is 1.48. The molecular formula is C20H16N2O3S. The second kappa shape index (κ2) is 6.72. The Bertz CT molecular complexity index is 1100. The fourth-order valence-corrected chi connectivity index (χ4v) is 3.87. The van der Waals surface area contributed by atoms with Crippen LogP contribution in [0.1, 0.15) is 26.7 Å². The molecule has 0 fully saturated rings. The van der Waals surface area contributed by atoms with Crippen LogP contribution in [0.5, 0.6) is 0 Å². The Morgan fingerprint density at radius 1 is 1.12 bits per heavy atom. The Morgan fingerprint density at radius 2 is 1.96 bits per heavy atom. The van der Waals surface area contributed by atoms with Gasteiger partial charge in [0.25, 0.3) is 5.89 Å². The van der Waals surface area contributed by atoms with Gasteiger partial charge in [0.1, 0.15) is 4.88 Å². The molecule has 0 saturated carbocycles. The SMILES string of the molecule is Cc1cccc(-c2nnc(COC(=O)c3sc4ccccc4c3C)o2)c1. The van der Waals surface area contributed by atoms with Crippen LogP contribution >= 0.6 is 11.3 Å². The number of rotatable bonds is 4. The molecule has 4 aromatic rings. The van der Waals surface area contributed by atoms with Crippen molar-refractivity contribution in [2.45, 2.75) is 20.5 Å². The fraction of sp³-hybridized carbons (Fsp3) is 0.150.